The lowest BCUT2D eigenvalue weighted by Gasteiger charge is -2.08. The lowest BCUT2D eigenvalue weighted by molar-refractivity contribution is 0.976. The molecule has 0 atom stereocenters. The zero-order valence-electron chi connectivity index (χ0n) is 7.59. The highest BCUT2D eigenvalue weighted by Crippen LogP contribution is 2.17. The molecule has 0 aliphatic heterocycles. The Morgan fingerprint density at radius 1 is 1.58 bits per heavy atom. The van der Waals surface area contributed by atoms with Crippen LogP contribution in [0.2, 0.25) is 0 Å². The van der Waals surface area contributed by atoms with Crippen LogP contribution in [0.1, 0.15) is 18.9 Å². The van der Waals surface area contributed by atoms with Gasteiger partial charge in [-0.3, -0.25) is 0 Å². The van der Waals surface area contributed by atoms with Gasteiger partial charge in [0.2, 0.25) is 0 Å². The fourth-order valence-electron chi connectivity index (χ4n) is 1.00. The van der Waals surface area contributed by atoms with Crippen LogP contribution in [0.3, 0.4) is 0 Å². The van der Waals surface area contributed by atoms with Crippen molar-refractivity contribution in [1.29, 1.82) is 0 Å². The van der Waals surface area contributed by atoms with Crippen LogP contribution in [0.5, 0.6) is 0 Å². The molecule has 0 aliphatic rings. The van der Waals surface area contributed by atoms with Gasteiger partial charge in [0.25, 0.3) is 0 Å². The Hall–Kier alpha value is -1.25. The number of nitrogens with two attached hydrogens (primary N) is 1. The van der Waals surface area contributed by atoms with Gasteiger partial charge in [-0.1, -0.05) is 6.92 Å². The molecule has 3 heteroatoms. The third-order valence-electron chi connectivity index (χ3n) is 1.81. The van der Waals surface area contributed by atoms with Crippen LogP contribution < -0.4 is 11.1 Å². The van der Waals surface area contributed by atoms with Gasteiger partial charge in [0, 0.05) is 24.0 Å². The first-order valence-corrected chi connectivity index (χ1v) is 4.20. The van der Waals surface area contributed by atoms with E-state index in [-0.39, 0.29) is 0 Å². The summed E-state index contributed by atoms with van der Waals surface area (Å²) in [6, 6.07) is 1.95. The zero-order valence-corrected chi connectivity index (χ0v) is 7.59. The van der Waals surface area contributed by atoms with Crippen LogP contribution in [-0.2, 0) is 0 Å². The zero-order chi connectivity index (χ0) is 8.97. The normalized spacial score (nSPS) is 9.83. The molecule has 0 aromatic carbocycles. The number of anilines is 2. The quantitative estimate of drug-likeness (QED) is 0.718. The Balaban J connectivity index is 2.78. The lowest BCUT2D eigenvalue weighted by atomic mass is 10.2. The molecule has 3 nitrogen and oxygen atoms in total. The van der Waals surface area contributed by atoms with Crippen molar-refractivity contribution in [1.82, 2.24) is 4.98 Å². The lowest BCUT2D eigenvalue weighted by Crippen LogP contribution is -2.04. The monoisotopic (exact) mass is 165 g/mol. The number of pyridine rings is 1. The maximum Gasteiger partial charge on any atom is 0.128 e. The summed E-state index contributed by atoms with van der Waals surface area (Å²) in [5, 5.41) is 3.28. The van der Waals surface area contributed by atoms with E-state index in [1.54, 1.807) is 6.20 Å². The Bertz CT molecular complexity index is 258. The van der Waals surface area contributed by atoms with E-state index in [1.165, 1.54) is 0 Å². The molecule has 1 heterocycles. The van der Waals surface area contributed by atoms with Gasteiger partial charge in [-0.25, -0.2) is 4.98 Å². The average molecular weight is 165 g/mol. The van der Waals surface area contributed by atoms with Crippen LogP contribution >= 0.6 is 0 Å². The number of hydrogen-bond acceptors (Lipinski definition) is 3. The van der Waals surface area contributed by atoms with Crippen LogP contribution in [0.25, 0.3) is 0 Å². The van der Waals surface area contributed by atoms with Crippen LogP contribution in [0.4, 0.5) is 11.5 Å². The molecular weight excluding hydrogens is 150 g/mol. The molecule has 0 saturated heterocycles. The second kappa shape index (κ2) is 3.95. The molecule has 0 aliphatic carbocycles. The molecule has 0 fully saturated rings. The van der Waals surface area contributed by atoms with Crippen LogP contribution in [0, 0.1) is 6.92 Å². The Kier molecular flexibility index (Phi) is 2.91. The minimum absolute atomic E-state index is 0.608. The van der Waals surface area contributed by atoms with Crippen molar-refractivity contribution in [2.75, 3.05) is 17.6 Å². The van der Waals surface area contributed by atoms with Gasteiger partial charge in [-0.05, 0) is 19.4 Å². The van der Waals surface area contributed by atoms with Crippen molar-refractivity contribution in [3.05, 3.63) is 17.8 Å². The van der Waals surface area contributed by atoms with E-state index in [9.17, 15) is 0 Å². The first kappa shape index (κ1) is 8.84. The largest absolute Gasteiger partial charge is 0.385 e. The van der Waals surface area contributed by atoms with Gasteiger partial charge in [0.05, 0.1) is 0 Å². The highest BCUT2D eigenvalue weighted by Gasteiger charge is 1.99. The molecule has 12 heavy (non-hydrogen) atoms. The third kappa shape index (κ3) is 1.87. The summed E-state index contributed by atoms with van der Waals surface area (Å²) in [6.07, 6.45) is 2.84. The van der Waals surface area contributed by atoms with Gasteiger partial charge < -0.3 is 11.1 Å². The van der Waals surface area contributed by atoms with Crippen molar-refractivity contribution in [2.24, 2.45) is 0 Å². The number of aromatic nitrogens is 1. The van der Waals surface area contributed by atoms with Gasteiger partial charge in [0.15, 0.2) is 0 Å². The first-order valence-electron chi connectivity index (χ1n) is 4.20. The molecule has 0 amide bonds. The number of nitrogens with one attached hydrogen (secondary N) is 1. The van der Waals surface area contributed by atoms with Crippen molar-refractivity contribution in [3.63, 3.8) is 0 Å². The minimum atomic E-state index is 0.608. The molecule has 3 N–H and O–H groups in total. The van der Waals surface area contributed by atoms with Crippen molar-refractivity contribution < 1.29 is 0 Å². The predicted molar refractivity (Wildman–Crippen MR) is 52.2 cm³/mol. The van der Waals surface area contributed by atoms with E-state index in [0.29, 0.717) is 5.82 Å². The summed E-state index contributed by atoms with van der Waals surface area (Å²) in [5.41, 5.74) is 7.76. The SMILES string of the molecule is CCCNc1ccnc(N)c1C. The van der Waals surface area contributed by atoms with Gasteiger partial charge in [0.1, 0.15) is 5.82 Å². The molecule has 0 saturated carbocycles. The Morgan fingerprint density at radius 2 is 2.33 bits per heavy atom. The van der Waals surface area contributed by atoms with Gasteiger partial charge in [-0.15, -0.1) is 0 Å². The molecule has 1 aromatic rings. The maximum absolute atomic E-state index is 5.64. The summed E-state index contributed by atoms with van der Waals surface area (Å²) < 4.78 is 0. The van der Waals surface area contributed by atoms with Crippen molar-refractivity contribution in [2.45, 2.75) is 20.3 Å². The van der Waals surface area contributed by atoms with Crippen LogP contribution in [-0.4, -0.2) is 11.5 Å². The Labute approximate surface area is 73.0 Å². The van der Waals surface area contributed by atoms with Crippen molar-refractivity contribution >= 4 is 11.5 Å². The molecule has 1 aromatic heterocycles. The number of nitrogens with zero attached hydrogens (tertiary/aromatic N) is 1. The van der Waals surface area contributed by atoms with E-state index < -0.39 is 0 Å². The standard InChI is InChI=1S/C9H15N3/c1-3-5-11-8-4-6-12-9(10)7(8)2/h4,6H,3,5H2,1-2H3,(H3,10,11,12). The summed E-state index contributed by atoms with van der Waals surface area (Å²) in [6.45, 7) is 5.08. The van der Waals surface area contributed by atoms with E-state index >= 15 is 0 Å². The minimum Gasteiger partial charge on any atom is -0.385 e. The van der Waals surface area contributed by atoms with Crippen molar-refractivity contribution in [3.8, 4) is 0 Å². The predicted octanol–water partition coefficient (Wildman–Crippen LogP) is 1.79. The van der Waals surface area contributed by atoms with E-state index in [1.807, 2.05) is 13.0 Å². The summed E-state index contributed by atoms with van der Waals surface area (Å²) in [4.78, 5) is 3.99. The average Bonchev–Trinajstić information content (AvgIpc) is 2.08. The van der Waals surface area contributed by atoms with Crippen LogP contribution in [0.15, 0.2) is 12.3 Å². The molecule has 0 unspecified atom stereocenters. The topological polar surface area (TPSA) is 50.9 Å². The summed E-state index contributed by atoms with van der Waals surface area (Å²) in [5.74, 6) is 0.608. The Morgan fingerprint density at radius 3 is 3.00 bits per heavy atom. The number of hydrogen-bond donors (Lipinski definition) is 2. The summed E-state index contributed by atoms with van der Waals surface area (Å²) >= 11 is 0. The smallest absolute Gasteiger partial charge is 0.128 e. The first-order chi connectivity index (χ1) is 5.75. The molecule has 0 radical (unpaired) electrons. The molecular formula is C9H15N3. The van der Waals surface area contributed by atoms with Gasteiger partial charge >= 0.3 is 0 Å². The van der Waals surface area contributed by atoms with E-state index in [2.05, 4.69) is 17.2 Å². The molecule has 0 bridgehead atoms. The molecule has 66 valence electrons. The highest BCUT2D eigenvalue weighted by molar-refractivity contribution is 5.58. The fraction of sp³-hybridized carbons (Fsp3) is 0.444. The fourth-order valence-corrected chi connectivity index (χ4v) is 1.00. The maximum atomic E-state index is 5.64. The highest BCUT2D eigenvalue weighted by atomic mass is 14.9. The number of nitrogen functional groups attached to an aromatic ring is 1. The molecule has 1 rings (SSSR count). The summed E-state index contributed by atoms with van der Waals surface area (Å²) in [7, 11) is 0. The van der Waals surface area contributed by atoms with Gasteiger partial charge in [-0.2, -0.15) is 0 Å². The second-order valence-electron chi connectivity index (χ2n) is 2.80. The molecule has 0 spiro atoms. The second-order valence-corrected chi connectivity index (χ2v) is 2.80. The number of rotatable bonds is 3. The third-order valence-corrected chi connectivity index (χ3v) is 1.81. The van der Waals surface area contributed by atoms with E-state index in [0.717, 1.165) is 24.2 Å². The van der Waals surface area contributed by atoms with E-state index in [4.69, 9.17) is 5.73 Å².